The maximum Gasteiger partial charge on any atom is 0.255 e. The highest BCUT2D eigenvalue weighted by atomic mass is 32.1. The minimum atomic E-state index is -0.192. The lowest BCUT2D eigenvalue weighted by Crippen LogP contribution is -2.14. The molecule has 0 saturated carbocycles. The molecule has 0 saturated heterocycles. The highest BCUT2D eigenvalue weighted by Gasteiger charge is 2.13. The molecule has 1 aromatic heterocycles. The molecule has 0 bridgehead atoms. The van der Waals surface area contributed by atoms with Crippen LogP contribution in [0.25, 0.3) is 11.0 Å². The quantitative estimate of drug-likeness (QED) is 0.785. The maximum absolute atomic E-state index is 12.6. The molecule has 118 valence electrons. The van der Waals surface area contributed by atoms with E-state index >= 15 is 0 Å². The van der Waals surface area contributed by atoms with E-state index in [4.69, 9.17) is 4.74 Å². The van der Waals surface area contributed by atoms with E-state index in [0.29, 0.717) is 17.0 Å². The number of aryl methyl sites for hydroxylation is 1. The minimum absolute atomic E-state index is 0.0605. The molecule has 0 aliphatic carbocycles. The zero-order valence-corrected chi connectivity index (χ0v) is 14.0. The normalized spacial score (nSPS) is 11.0. The van der Waals surface area contributed by atoms with Gasteiger partial charge in [0, 0.05) is 5.56 Å². The molecular weight excluding hydrogens is 310 g/mol. The molecule has 0 aliphatic rings. The second-order valence-electron chi connectivity index (χ2n) is 5.54. The number of hydrogen-bond donors (Lipinski definition) is 1. The van der Waals surface area contributed by atoms with Crippen molar-refractivity contribution in [1.82, 2.24) is 8.75 Å². The van der Waals surface area contributed by atoms with Gasteiger partial charge in [-0.2, -0.15) is 8.75 Å². The number of carbonyl (C=O) groups excluding carboxylic acids is 1. The fourth-order valence-electron chi connectivity index (χ4n) is 2.28. The third-order valence-electron chi connectivity index (χ3n) is 3.34. The third kappa shape index (κ3) is 3.32. The first kappa shape index (κ1) is 15.4. The van der Waals surface area contributed by atoms with Gasteiger partial charge in [-0.1, -0.05) is 12.1 Å². The Morgan fingerprint density at radius 1 is 1.22 bits per heavy atom. The second-order valence-corrected chi connectivity index (χ2v) is 6.07. The lowest BCUT2D eigenvalue weighted by molar-refractivity contribution is 0.102. The fraction of sp³-hybridized carbons (Fsp3) is 0.235. The molecular formula is C17H17N3O2S. The molecule has 0 unspecified atom stereocenters. The first-order chi connectivity index (χ1) is 11.0. The van der Waals surface area contributed by atoms with Crippen LogP contribution in [0, 0.1) is 6.92 Å². The fourth-order valence-corrected chi connectivity index (χ4v) is 2.82. The van der Waals surface area contributed by atoms with Crippen LogP contribution in [0.3, 0.4) is 0 Å². The summed E-state index contributed by atoms with van der Waals surface area (Å²) in [4.78, 5) is 12.6. The van der Waals surface area contributed by atoms with Crippen molar-refractivity contribution >= 4 is 34.4 Å². The van der Waals surface area contributed by atoms with Crippen LogP contribution in [0.5, 0.6) is 5.75 Å². The van der Waals surface area contributed by atoms with Crippen LogP contribution in [0.15, 0.2) is 36.4 Å². The molecule has 0 radical (unpaired) electrons. The van der Waals surface area contributed by atoms with Crippen molar-refractivity contribution in [3.8, 4) is 5.75 Å². The minimum Gasteiger partial charge on any atom is -0.491 e. The molecule has 1 N–H and O–H groups in total. The number of nitrogens with zero attached hydrogens (tertiary/aromatic N) is 2. The van der Waals surface area contributed by atoms with Gasteiger partial charge in [0.25, 0.3) is 5.91 Å². The van der Waals surface area contributed by atoms with Gasteiger partial charge in [0.2, 0.25) is 0 Å². The van der Waals surface area contributed by atoms with Crippen molar-refractivity contribution in [3.05, 3.63) is 47.5 Å². The van der Waals surface area contributed by atoms with Crippen molar-refractivity contribution in [2.24, 2.45) is 0 Å². The molecule has 0 spiro atoms. The van der Waals surface area contributed by atoms with E-state index in [-0.39, 0.29) is 12.0 Å². The highest BCUT2D eigenvalue weighted by Crippen LogP contribution is 2.26. The Morgan fingerprint density at radius 3 is 2.83 bits per heavy atom. The summed E-state index contributed by atoms with van der Waals surface area (Å²) in [5.41, 5.74) is 3.71. The van der Waals surface area contributed by atoms with Gasteiger partial charge in [0.05, 0.1) is 23.5 Å². The van der Waals surface area contributed by atoms with E-state index in [9.17, 15) is 4.79 Å². The maximum atomic E-state index is 12.6. The number of anilines is 1. The number of nitrogens with one attached hydrogen (secondary N) is 1. The van der Waals surface area contributed by atoms with E-state index in [2.05, 4.69) is 14.1 Å². The third-order valence-corrected chi connectivity index (χ3v) is 3.89. The van der Waals surface area contributed by atoms with Crippen molar-refractivity contribution in [1.29, 1.82) is 0 Å². The average Bonchev–Trinajstić information content (AvgIpc) is 2.98. The lowest BCUT2D eigenvalue weighted by atomic mass is 10.1. The van der Waals surface area contributed by atoms with Gasteiger partial charge in [0.1, 0.15) is 16.8 Å². The van der Waals surface area contributed by atoms with E-state index in [1.54, 1.807) is 12.1 Å². The summed E-state index contributed by atoms with van der Waals surface area (Å²) in [5.74, 6) is 0.487. The van der Waals surface area contributed by atoms with E-state index in [0.717, 1.165) is 28.3 Å². The lowest BCUT2D eigenvalue weighted by Gasteiger charge is -2.12. The zero-order chi connectivity index (χ0) is 16.4. The van der Waals surface area contributed by atoms with Gasteiger partial charge in [-0.3, -0.25) is 4.79 Å². The van der Waals surface area contributed by atoms with Gasteiger partial charge in [-0.15, -0.1) is 0 Å². The topological polar surface area (TPSA) is 64.1 Å². The number of hydrogen-bond acceptors (Lipinski definition) is 5. The monoisotopic (exact) mass is 327 g/mol. The first-order valence-corrected chi connectivity index (χ1v) is 8.07. The average molecular weight is 327 g/mol. The predicted octanol–water partition coefficient (Wildman–Crippen LogP) is 4.04. The molecule has 0 fully saturated rings. The molecule has 0 aliphatic heterocycles. The Hall–Kier alpha value is -2.47. The predicted molar refractivity (Wildman–Crippen MR) is 92.3 cm³/mol. The SMILES string of the molecule is Cc1ccc2nsnc2c1NC(=O)c1cccc(OC(C)C)c1. The number of carbonyl (C=O) groups is 1. The van der Waals surface area contributed by atoms with Crippen LogP contribution in [-0.4, -0.2) is 20.8 Å². The molecule has 6 heteroatoms. The van der Waals surface area contributed by atoms with Crippen LogP contribution in [-0.2, 0) is 0 Å². The first-order valence-electron chi connectivity index (χ1n) is 7.34. The van der Waals surface area contributed by atoms with Gasteiger partial charge < -0.3 is 10.1 Å². The number of aromatic nitrogens is 2. The number of fused-ring (bicyclic) bond motifs is 1. The summed E-state index contributed by atoms with van der Waals surface area (Å²) in [7, 11) is 0. The second kappa shape index (κ2) is 6.34. The van der Waals surface area contributed by atoms with Crippen LogP contribution in [0.2, 0.25) is 0 Å². The Balaban J connectivity index is 1.89. The van der Waals surface area contributed by atoms with Crippen LogP contribution in [0.1, 0.15) is 29.8 Å². The summed E-state index contributed by atoms with van der Waals surface area (Å²) in [6.07, 6.45) is 0.0605. The number of rotatable bonds is 4. The van der Waals surface area contributed by atoms with Crippen molar-refractivity contribution in [3.63, 3.8) is 0 Å². The molecule has 3 aromatic rings. The summed E-state index contributed by atoms with van der Waals surface area (Å²) < 4.78 is 14.1. The molecule has 3 rings (SSSR count). The standard InChI is InChI=1S/C17H17N3O2S/c1-10(2)22-13-6-4-5-12(9-13)17(21)18-15-11(3)7-8-14-16(15)20-23-19-14/h4-10H,1-3H3,(H,18,21). The molecule has 1 amide bonds. The Morgan fingerprint density at radius 2 is 2.04 bits per heavy atom. The summed E-state index contributed by atoms with van der Waals surface area (Å²) in [6.45, 7) is 5.84. The van der Waals surface area contributed by atoms with Gasteiger partial charge >= 0.3 is 0 Å². The van der Waals surface area contributed by atoms with Crippen LogP contribution >= 0.6 is 11.7 Å². The Bertz CT molecular complexity index is 858. The molecule has 23 heavy (non-hydrogen) atoms. The van der Waals surface area contributed by atoms with E-state index in [1.165, 1.54) is 0 Å². The number of ether oxygens (including phenoxy) is 1. The summed E-state index contributed by atoms with van der Waals surface area (Å²) in [6, 6.07) is 11.0. The van der Waals surface area contributed by atoms with Gasteiger partial charge in [-0.05, 0) is 50.6 Å². The number of benzene rings is 2. The van der Waals surface area contributed by atoms with E-state index < -0.39 is 0 Å². The zero-order valence-electron chi connectivity index (χ0n) is 13.2. The van der Waals surface area contributed by atoms with E-state index in [1.807, 2.05) is 45.0 Å². The highest BCUT2D eigenvalue weighted by molar-refractivity contribution is 7.00. The van der Waals surface area contributed by atoms with Crippen molar-refractivity contribution in [2.75, 3.05) is 5.32 Å². The van der Waals surface area contributed by atoms with Crippen LogP contribution < -0.4 is 10.1 Å². The molecule has 5 nitrogen and oxygen atoms in total. The Labute approximate surface area is 138 Å². The smallest absolute Gasteiger partial charge is 0.255 e. The molecule has 2 aromatic carbocycles. The van der Waals surface area contributed by atoms with Gasteiger partial charge in [-0.25, -0.2) is 0 Å². The summed E-state index contributed by atoms with van der Waals surface area (Å²) in [5, 5.41) is 2.95. The van der Waals surface area contributed by atoms with Crippen molar-refractivity contribution in [2.45, 2.75) is 26.9 Å². The van der Waals surface area contributed by atoms with Crippen LogP contribution in [0.4, 0.5) is 5.69 Å². The number of amides is 1. The Kier molecular flexibility index (Phi) is 4.25. The largest absolute Gasteiger partial charge is 0.491 e. The van der Waals surface area contributed by atoms with Gasteiger partial charge in [0.15, 0.2) is 0 Å². The van der Waals surface area contributed by atoms with Crippen molar-refractivity contribution < 1.29 is 9.53 Å². The summed E-state index contributed by atoms with van der Waals surface area (Å²) >= 11 is 1.14. The molecule has 1 heterocycles. The molecule has 0 atom stereocenters.